The Morgan fingerprint density at radius 3 is 1.21 bits per heavy atom. The lowest BCUT2D eigenvalue weighted by Gasteiger charge is -2.41. The van der Waals surface area contributed by atoms with Crippen LogP contribution in [0.25, 0.3) is 0 Å². The van der Waals surface area contributed by atoms with Crippen LogP contribution in [0.2, 0.25) is 0 Å². The van der Waals surface area contributed by atoms with E-state index < -0.39 is 75.7 Å². The Labute approximate surface area is 437 Å². The molecule has 1 aliphatic rings. The lowest BCUT2D eigenvalue weighted by Crippen LogP contribution is -2.64. The number of carbonyl (C=O) groups is 2. The molecule has 0 heterocycles. The molecule has 1 rings (SSSR count). The van der Waals surface area contributed by atoms with Gasteiger partial charge < -0.3 is 39.9 Å². The van der Waals surface area contributed by atoms with Gasteiger partial charge in [-0.05, 0) is 51.4 Å². The Bertz CT molecular complexity index is 1440. The van der Waals surface area contributed by atoms with E-state index in [9.17, 15) is 44.6 Å². The van der Waals surface area contributed by atoms with Gasteiger partial charge in [0, 0.05) is 12.8 Å². The Kier molecular flexibility index (Phi) is 44.5. The van der Waals surface area contributed by atoms with E-state index in [-0.39, 0.29) is 12.8 Å². The van der Waals surface area contributed by atoms with Crippen molar-refractivity contribution >= 4 is 19.8 Å². The Morgan fingerprint density at radius 2 is 0.792 bits per heavy atom. The monoisotopic (exact) mass is 1040 g/mol. The van der Waals surface area contributed by atoms with E-state index in [1.807, 2.05) is 0 Å². The maximum atomic E-state index is 12.9. The third-order valence-corrected chi connectivity index (χ3v) is 14.4. The highest BCUT2D eigenvalue weighted by Gasteiger charge is 2.51. The summed E-state index contributed by atoms with van der Waals surface area (Å²) in [5, 5.41) is 50.4. The molecule has 420 valence electrons. The highest BCUT2D eigenvalue weighted by Crippen LogP contribution is 2.47. The van der Waals surface area contributed by atoms with E-state index >= 15 is 0 Å². The third kappa shape index (κ3) is 38.4. The summed E-state index contributed by atoms with van der Waals surface area (Å²) in [7, 11) is -5.13. The molecule has 14 heteroatoms. The van der Waals surface area contributed by atoms with Crippen molar-refractivity contribution in [2.24, 2.45) is 0 Å². The van der Waals surface area contributed by atoms with Crippen molar-refractivity contribution in [1.29, 1.82) is 0 Å². The molecule has 0 amide bonds. The minimum Gasteiger partial charge on any atom is -0.462 e. The number of phosphoric acid groups is 1. The number of esters is 2. The Balaban J connectivity index is 2.33. The van der Waals surface area contributed by atoms with Crippen LogP contribution in [0, 0.1) is 0 Å². The van der Waals surface area contributed by atoms with Crippen LogP contribution in [0.3, 0.4) is 0 Å². The number of aliphatic hydroxyl groups is 5. The van der Waals surface area contributed by atoms with E-state index in [1.54, 1.807) is 0 Å². The van der Waals surface area contributed by atoms with E-state index in [0.717, 1.165) is 77.0 Å². The van der Waals surface area contributed by atoms with Gasteiger partial charge in [-0.25, -0.2) is 4.57 Å². The van der Waals surface area contributed by atoms with Gasteiger partial charge in [0.05, 0.1) is 6.61 Å². The maximum absolute atomic E-state index is 12.9. The summed E-state index contributed by atoms with van der Waals surface area (Å²) in [5.41, 5.74) is 0. The summed E-state index contributed by atoms with van der Waals surface area (Å²) in [6.45, 7) is 3.24. The quantitative estimate of drug-likeness (QED) is 0.0145. The number of hydrogen-bond acceptors (Lipinski definition) is 12. The fourth-order valence-corrected chi connectivity index (χ4v) is 9.84. The third-order valence-electron chi connectivity index (χ3n) is 13.4. The molecule has 0 bridgehead atoms. The second-order valence-electron chi connectivity index (χ2n) is 20.1. The summed E-state index contributed by atoms with van der Waals surface area (Å²) in [5.74, 6) is -1.09. The molecule has 0 aromatic carbocycles. The van der Waals surface area contributed by atoms with Crippen molar-refractivity contribution in [3.63, 3.8) is 0 Å². The second-order valence-corrected chi connectivity index (χ2v) is 21.5. The van der Waals surface area contributed by atoms with Crippen LogP contribution in [0.15, 0.2) is 48.6 Å². The average Bonchev–Trinajstić information content (AvgIpc) is 3.36. The smallest absolute Gasteiger partial charge is 0.462 e. The average molecular weight is 1040 g/mol. The van der Waals surface area contributed by atoms with E-state index in [2.05, 4.69) is 62.5 Å². The number of ether oxygens (including phenoxy) is 2. The van der Waals surface area contributed by atoms with Crippen LogP contribution < -0.4 is 0 Å². The molecule has 6 N–H and O–H groups in total. The molecule has 13 nitrogen and oxygen atoms in total. The Morgan fingerprint density at radius 1 is 0.444 bits per heavy atom. The van der Waals surface area contributed by atoms with Gasteiger partial charge in [-0.3, -0.25) is 18.6 Å². The van der Waals surface area contributed by atoms with Gasteiger partial charge in [0.2, 0.25) is 0 Å². The molecule has 1 saturated carbocycles. The second kappa shape index (κ2) is 47.3. The van der Waals surface area contributed by atoms with Crippen LogP contribution in [0.4, 0.5) is 0 Å². The van der Waals surface area contributed by atoms with Gasteiger partial charge in [0.25, 0.3) is 0 Å². The maximum Gasteiger partial charge on any atom is 0.472 e. The first-order valence-corrected chi connectivity index (χ1v) is 30.4. The lowest BCUT2D eigenvalue weighted by molar-refractivity contribution is -0.220. The number of carbonyl (C=O) groups excluding carboxylic acids is 2. The fraction of sp³-hybridized carbons (Fsp3) is 0.828. The van der Waals surface area contributed by atoms with Gasteiger partial charge in [-0.2, -0.15) is 0 Å². The largest absolute Gasteiger partial charge is 0.472 e. The number of phosphoric ester groups is 1. The van der Waals surface area contributed by atoms with E-state index in [4.69, 9.17) is 18.5 Å². The summed E-state index contributed by atoms with van der Waals surface area (Å²) >= 11 is 0. The van der Waals surface area contributed by atoms with Gasteiger partial charge in [0.15, 0.2) is 6.10 Å². The zero-order chi connectivity index (χ0) is 52.8. The first kappa shape index (κ1) is 67.8. The lowest BCUT2D eigenvalue weighted by atomic mass is 9.85. The summed E-state index contributed by atoms with van der Waals surface area (Å²) < 4.78 is 33.8. The van der Waals surface area contributed by atoms with Gasteiger partial charge in [0.1, 0.15) is 43.2 Å². The highest BCUT2D eigenvalue weighted by atomic mass is 31.2. The molecule has 0 aromatic rings. The molecular formula is C58H105O13P. The minimum absolute atomic E-state index is 0.0922. The molecule has 0 aliphatic heterocycles. The van der Waals surface area contributed by atoms with Crippen LogP contribution in [0.5, 0.6) is 0 Å². The standard InChI is InChI=1S/C58H105O13P/c1-3-5-7-9-11-13-15-17-19-21-23-25-26-27-29-31-33-35-37-39-41-43-45-47-52(60)70-50(49-69-72(66,67)71-58-56(64)54(62)53(61)55(63)57(58)65)48-68-51(59)46-44-42-40-38-36-34-32-30-28-24-22-20-18-16-14-12-10-8-6-4-2/h5,7,11,13,17,19,23,25,50,53-58,61-65H,3-4,6,8-10,12,14-16,18,20-22,24,26-49H2,1-2H3,(H,66,67)/b7-5-,13-11-,19-17-,25-23-. The van der Waals surface area contributed by atoms with Crippen LogP contribution in [0.1, 0.15) is 251 Å². The zero-order valence-corrected chi connectivity index (χ0v) is 46.1. The first-order chi connectivity index (χ1) is 34.9. The Hall–Kier alpha value is -2.19. The van der Waals surface area contributed by atoms with E-state index in [1.165, 1.54) is 135 Å². The topological polar surface area (TPSA) is 210 Å². The van der Waals surface area contributed by atoms with Crippen molar-refractivity contribution in [2.75, 3.05) is 13.2 Å². The number of unbranched alkanes of at least 4 members (excludes halogenated alkanes) is 29. The molecule has 0 saturated heterocycles. The van der Waals surface area contributed by atoms with Gasteiger partial charge in [-0.1, -0.05) is 236 Å². The van der Waals surface area contributed by atoms with Crippen molar-refractivity contribution in [2.45, 2.75) is 294 Å². The predicted molar refractivity (Wildman–Crippen MR) is 290 cm³/mol. The number of rotatable bonds is 49. The summed E-state index contributed by atoms with van der Waals surface area (Å²) in [4.78, 5) is 36.0. The van der Waals surface area contributed by atoms with E-state index in [0.29, 0.717) is 12.8 Å². The van der Waals surface area contributed by atoms with Crippen LogP contribution >= 0.6 is 7.82 Å². The van der Waals surface area contributed by atoms with Crippen molar-refractivity contribution in [1.82, 2.24) is 0 Å². The van der Waals surface area contributed by atoms with Crippen molar-refractivity contribution in [3.05, 3.63) is 48.6 Å². The SMILES string of the molecule is CC/C=C\C/C=C\C/C=C\C/C=C\CCCCCCCCCCCCC(=O)OC(COC(=O)CCCCCCCCCCCCCCCCCCCCCC)COP(=O)(O)OC1C(O)C(O)C(O)C(O)C1O. The molecule has 0 radical (unpaired) electrons. The molecule has 1 aliphatic carbocycles. The molecule has 6 atom stereocenters. The predicted octanol–water partition coefficient (Wildman–Crippen LogP) is 13.5. The molecule has 0 spiro atoms. The van der Waals surface area contributed by atoms with Gasteiger partial charge in [-0.15, -0.1) is 0 Å². The molecule has 0 aromatic heterocycles. The number of allylic oxidation sites excluding steroid dienone is 8. The van der Waals surface area contributed by atoms with Crippen molar-refractivity contribution in [3.8, 4) is 0 Å². The number of hydrogen-bond donors (Lipinski definition) is 6. The molecule has 1 fully saturated rings. The molecule has 6 unspecified atom stereocenters. The van der Waals surface area contributed by atoms with Crippen LogP contribution in [-0.4, -0.2) is 98.3 Å². The zero-order valence-electron chi connectivity index (χ0n) is 45.2. The molecule has 72 heavy (non-hydrogen) atoms. The normalized spacial score (nSPS) is 20.8. The van der Waals surface area contributed by atoms with Gasteiger partial charge >= 0.3 is 19.8 Å². The highest BCUT2D eigenvalue weighted by molar-refractivity contribution is 7.47. The fourth-order valence-electron chi connectivity index (χ4n) is 8.87. The molecular weight excluding hydrogens is 936 g/mol. The minimum atomic E-state index is -5.13. The number of aliphatic hydroxyl groups excluding tert-OH is 5. The van der Waals surface area contributed by atoms with Crippen molar-refractivity contribution < 1.29 is 63.1 Å². The summed E-state index contributed by atoms with van der Waals surface area (Å²) in [6, 6.07) is 0. The van der Waals surface area contributed by atoms with Crippen LogP contribution in [-0.2, 0) is 32.7 Å². The first-order valence-electron chi connectivity index (χ1n) is 28.9. The summed E-state index contributed by atoms with van der Waals surface area (Å²) in [6.07, 6.45) is 45.8.